The quantitative estimate of drug-likeness (QED) is 0.234. The van der Waals surface area contributed by atoms with E-state index in [1.807, 2.05) is 61.5 Å². The largest absolute Gasteiger partial charge is 0.335 e. The van der Waals surface area contributed by atoms with E-state index in [1.165, 1.54) is 28.0 Å². The molecule has 3 aromatic carbocycles. The normalized spacial score (nSPS) is 18.2. The maximum atomic E-state index is 13.5. The molecule has 0 radical (unpaired) electrons. The second-order valence-electron chi connectivity index (χ2n) is 9.42. The maximum absolute atomic E-state index is 13.5. The molecule has 1 aromatic heterocycles. The smallest absolute Gasteiger partial charge is 0.273 e. The molecule has 0 spiro atoms. The van der Waals surface area contributed by atoms with E-state index in [1.54, 1.807) is 21.2 Å². The first-order valence-corrected chi connectivity index (χ1v) is 16.4. The molecule has 1 amide bonds. The highest BCUT2D eigenvalue weighted by atomic mass is 32.2. The van der Waals surface area contributed by atoms with Gasteiger partial charge in [0.05, 0.1) is 20.9 Å². The number of thiocarbonyl (C=S) groups is 1. The maximum Gasteiger partial charge on any atom is 0.273 e. The molecule has 4 aromatic rings. The molecule has 0 unspecified atom stereocenters. The Kier molecular flexibility index (Phi) is 8.35. The van der Waals surface area contributed by atoms with Crippen molar-refractivity contribution in [3.63, 3.8) is 0 Å². The van der Waals surface area contributed by atoms with Crippen molar-refractivity contribution in [3.8, 4) is 0 Å². The number of rotatable bonds is 6. The van der Waals surface area contributed by atoms with Crippen LogP contribution in [-0.2, 0) is 11.3 Å². The van der Waals surface area contributed by atoms with E-state index in [0.717, 1.165) is 34.1 Å². The van der Waals surface area contributed by atoms with E-state index in [9.17, 15) is 9.59 Å². The summed E-state index contributed by atoms with van der Waals surface area (Å²) in [5.74, 6) is -0.197. The number of hydrogen-bond donors (Lipinski definition) is 0. The highest BCUT2D eigenvalue weighted by molar-refractivity contribution is 8.31. The monoisotopic (exact) mass is 625 g/mol. The summed E-state index contributed by atoms with van der Waals surface area (Å²) in [5.41, 5.74) is 4.08. The summed E-state index contributed by atoms with van der Waals surface area (Å²) in [6.07, 6.45) is 3.92. The number of nitrogens with zero attached hydrogens (tertiary/aromatic N) is 3. The number of carbonyl (C=O) groups is 1. The van der Waals surface area contributed by atoms with Crippen LogP contribution in [0.5, 0.6) is 0 Å². The molecular formula is C33H27N3O2S4. The lowest BCUT2D eigenvalue weighted by molar-refractivity contribution is -0.112. The second-order valence-corrected chi connectivity index (χ2v) is 13.1. The van der Waals surface area contributed by atoms with Crippen LogP contribution in [-0.4, -0.2) is 26.2 Å². The van der Waals surface area contributed by atoms with Crippen molar-refractivity contribution in [2.24, 2.45) is 0 Å². The Bertz CT molecular complexity index is 1910. The minimum atomic E-state index is -0.197. The molecule has 1 saturated heterocycles. The van der Waals surface area contributed by atoms with E-state index in [4.69, 9.17) is 12.2 Å². The summed E-state index contributed by atoms with van der Waals surface area (Å²) in [6.45, 7) is 5.29. The summed E-state index contributed by atoms with van der Waals surface area (Å²) >= 11 is 9.88. The van der Waals surface area contributed by atoms with Gasteiger partial charge in [0, 0.05) is 18.0 Å². The van der Waals surface area contributed by atoms with E-state index in [2.05, 4.69) is 60.4 Å². The Morgan fingerprint density at radius 1 is 0.738 bits per heavy atom. The number of para-hydroxylation sites is 1. The van der Waals surface area contributed by atoms with E-state index >= 15 is 0 Å². The van der Waals surface area contributed by atoms with Gasteiger partial charge >= 0.3 is 0 Å². The first kappa shape index (κ1) is 28.5. The summed E-state index contributed by atoms with van der Waals surface area (Å²) in [5, 5.41) is 1.04. The van der Waals surface area contributed by atoms with Gasteiger partial charge in [0.15, 0.2) is 4.32 Å². The molecule has 5 nitrogen and oxygen atoms in total. The van der Waals surface area contributed by atoms with Crippen molar-refractivity contribution in [3.05, 3.63) is 133 Å². The van der Waals surface area contributed by atoms with Gasteiger partial charge < -0.3 is 4.90 Å². The molecular weight excluding hydrogens is 599 g/mol. The van der Waals surface area contributed by atoms with Crippen molar-refractivity contribution < 1.29 is 4.79 Å². The molecule has 0 aliphatic carbocycles. The van der Waals surface area contributed by atoms with Crippen molar-refractivity contribution in [1.29, 1.82) is 0 Å². The number of anilines is 1. The van der Waals surface area contributed by atoms with Gasteiger partial charge in [0.25, 0.3) is 11.5 Å². The third kappa shape index (κ3) is 5.22. The highest BCUT2D eigenvalue weighted by Gasteiger charge is 2.35. The Morgan fingerprint density at radius 3 is 1.98 bits per heavy atom. The summed E-state index contributed by atoms with van der Waals surface area (Å²) < 4.78 is 3.36. The first-order chi connectivity index (χ1) is 20.5. The van der Waals surface area contributed by atoms with Gasteiger partial charge in [-0.15, -0.1) is 11.3 Å². The molecule has 0 N–H and O–H groups in total. The van der Waals surface area contributed by atoms with Crippen molar-refractivity contribution >= 4 is 84.6 Å². The van der Waals surface area contributed by atoms with Crippen LogP contribution < -0.4 is 19.7 Å². The van der Waals surface area contributed by atoms with Gasteiger partial charge in [-0.05, 0) is 49.3 Å². The molecule has 210 valence electrons. The van der Waals surface area contributed by atoms with Crippen LogP contribution in [0.3, 0.4) is 0 Å². The van der Waals surface area contributed by atoms with Crippen molar-refractivity contribution in [2.45, 2.75) is 20.4 Å². The Hall–Kier alpha value is -3.63. The van der Waals surface area contributed by atoms with Gasteiger partial charge in [-0.3, -0.25) is 19.1 Å². The van der Waals surface area contributed by atoms with E-state index < -0.39 is 0 Å². The number of benzene rings is 3. The lowest BCUT2D eigenvalue weighted by Crippen LogP contribution is -2.33. The van der Waals surface area contributed by atoms with Crippen LogP contribution in [0.2, 0.25) is 0 Å². The van der Waals surface area contributed by atoms with Gasteiger partial charge in [0.2, 0.25) is 0 Å². The lowest BCUT2D eigenvalue weighted by Gasteiger charge is -2.21. The number of thioether (sulfide) groups is 2. The average molecular weight is 626 g/mol. The predicted octanol–water partition coefficient (Wildman–Crippen LogP) is 6.32. The number of thiazole rings is 1. The minimum absolute atomic E-state index is 0.107. The molecule has 0 saturated carbocycles. The third-order valence-corrected chi connectivity index (χ3v) is 10.8. The molecule has 1 fully saturated rings. The summed E-state index contributed by atoms with van der Waals surface area (Å²) in [6, 6.07) is 30.2. The molecule has 0 atom stereocenters. The zero-order chi connectivity index (χ0) is 29.2. The fraction of sp³-hybridized carbons (Fsp3) is 0.121. The fourth-order valence-corrected chi connectivity index (χ4v) is 8.80. The van der Waals surface area contributed by atoms with Gasteiger partial charge in [-0.25, -0.2) is 0 Å². The lowest BCUT2D eigenvalue weighted by atomic mass is 10.1. The fourth-order valence-electron chi connectivity index (χ4n) is 4.98. The summed E-state index contributed by atoms with van der Waals surface area (Å²) in [4.78, 5) is 32.6. The van der Waals surface area contributed by atoms with Crippen LogP contribution in [0.15, 0.2) is 107 Å². The van der Waals surface area contributed by atoms with Crippen molar-refractivity contribution in [2.75, 3.05) is 11.4 Å². The SMILES string of the molecule is CCN1C(c2ccccc2)=C(c2ccccc2)S/C1=C/C=c1sc(=C2SC(=S)N(c3ccccc3)C2=O)n(CC)c1=O. The highest BCUT2D eigenvalue weighted by Crippen LogP contribution is 2.50. The standard InChI is InChI=1S/C33H27N3O2S4/c1-3-34-26(41-28(23-16-10-6-11-17-23)27(34)22-14-8-5-9-15-22)21-20-25-30(37)35(4-2)32(40-25)29-31(38)36(33(39)42-29)24-18-12-7-13-19-24/h5-21H,3-4H2,1-2H3/b25-20?,26-21+,32-29?. The van der Waals surface area contributed by atoms with Gasteiger partial charge in [0.1, 0.15) is 9.57 Å². The minimum Gasteiger partial charge on any atom is -0.335 e. The summed E-state index contributed by atoms with van der Waals surface area (Å²) in [7, 11) is 0. The number of amides is 1. The molecule has 2 aliphatic rings. The number of allylic oxidation sites excluding steroid dienone is 1. The van der Waals surface area contributed by atoms with Crippen LogP contribution >= 0.6 is 47.1 Å². The zero-order valence-corrected chi connectivity index (χ0v) is 26.3. The Morgan fingerprint density at radius 2 is 1.36 bits per heavy atom. The molecule has 0 bridgehead atoms. The van der Waals surface area contributed by atoms with Crippen LogP contribution in [0.4, 0.5) is 5.69 Å². The third-order valence-electron chi connectivity index (χ3n) is 6.94. The number of aromatic nitrogens is 1. The molecule has 6 rings (SSSR count). The van der Waals surface area contributed by atoms with E-state index in [-0.39, 0.29) is 11.5 Å². The number of hydrogen-bond acceptors (Lipinski definition) is 7. The predicted molar refractivity (Wildman–Crippen MR) is 183 cm³/mol. The molecule has 2 aliphatic heterocycles. The van der Waals surface area contributed by atoms with Crippen molar-refractivity contribution in [1.82, 2.24) is 9.47 Å². The molecule has 3 heterocycles. The topological polar surface area (TPSA) is 45.5 Å². The van der Waals surface area contributed by atoms with Crippen LogP contribution in [0.25, 0.3) is 21.6 Å². The molecule has 9 heteroatoms. The Balaban J connectivity index is 1.44. The Labute approximate surface area is 262 Å². The van der Waals surface area contributed by atoms with Gasteiger partial charge in [-0.1, -0.05) is 115 Å². The van der Waals surface area contributed by atoms with Crippen LogP contribution in [0, 0.1) is 0 Å². The number of carbonyl (C=O) groups excluding carboxylic acids is 1. The average Bonchev–Trinajstić information content (AvgIpc) is 3.66. The van der Waals surface area contributed by atoms with Crippen LogP contribution in [0.1, 0.15) is 25.0 Å². The van der Waals surface area contributed by atoms with Gasteiger partial charge in [-0.2, -0.15) is 0 Å². The zero-order valence-electron chi connectivity index (χ0n) is 23.0. The van der Waals surface area contributed by atoms with E-state index in [0.29, 0.717) is 25.0 Å². The molecule has 42 heavy (non-hydrogen) atoms. The second kappa shape index (κ2) is 12.3. The first-order valence-electron chi connectivity index (χ1n) is 13.6.